The minimum atomic E-state index is -4.69. The molecule has 12 heteroatoms. The van der Waals surface area contributed by atoms with Crippen LogP contribution in [0.4, 0.5) is 19.0 Å². The standard InChI is InChI=1S/C15H14F3N3O6/c1-8-19-13(21(25)26)6-20(8)5-10(22)7-27-12-4-9(15(16,17)18)2-3-11(12)14(23)24/h2-4,6,10,22H,5,7H2,1H3,(H,23,24). The number of aliphatic hydroxyl groups is 1. The normalized spacial score (nSPS) is 12.6. The molecule has 0 aliphatic rings. The van der Waals surface area contributed by atoms with Gasteiger partial charge in [0.1, 0.15) is 30.2 Å². The van der Waals surface area contributed by atoms with Crippen LogP contribution in [0, 0.1) is 17.0 Å². The number of aryl methyl sites for hydroxylation is 1. The van der Waals surface area contributed by atoms with Crippen LogP contribution >= 0.6 is 0 Å². The Morgan fingerprint density at radius 3 is 2.63 bits per heavy atom. The molecule has 146 valence electrons. The third kappa shape index (κ3) is 4.94. The Labute approximate surface area is 149 Å². The van der Waals surface area contributed by atoms with Crippen LogP contribution in [0.3, 0.4) is 0 Å². The molecule has 0 bridgehead atoms. The Kier molecular flexibility index (Phi) is 5.69. The number of nitro groups is 1. The lowest BCUT2D eigenvalue weighted by atomic mass is 10.1. The van der Waals surface area contributed by atoms with E-state index in [0.717, 1.165) is 12.3 Å². The molecule has 9 nitrogen and oxygen atoms in total. The van der Waals surface area contributed by atoms with Gasteiger partial charge in [-0.25, -0.2) is 4.79 Å². The number of aromatic nitrogens is 2. The Morgan fingerprint density at radius 2 is 2.11 bits per heavy atom. The maximum Gasteiger partial charge on any atom is 0.416 e. The molecule has 0 aliphatic heterocycles. The number of halogens is 3. The monoisotopic (exact) mass is 389 g/mol. The zero-order valence-electron chi connectivity index (χ0n) is 13.8. The van der Waals surface area contributed by atoms with E-state index in [9.17, 15) is 33.2 Å². The number of hydrogen-bond donors (Lipinski definition) is 2. The second kappa shape index (κ2) is 7.61. The van der Waals surface area contributed by atoms with Crippen LogP contribution in [0.25, 0.3) is 0 Å². The van der Waals surface area contributed by atoms with Gasteiger partial charge in [-0.2, -0.15) is 13.2 Å². The summed E-state index contributed by atoms with van der Waals surface area (Å²) >= 11 is 0. The van der Waals surface area contributed by atoms with E-state index in [-0.39, 0.29) is 12.4 Å². The molecule has 0 fully saturated rings. The molecule has 1 aromatic carbocycles. The molecule has 1 heterocycles. The Balaban J connectivity index is 2.13. The van der Waals surface area contributed by atoms with Crippen molar-refractivity contribution in [3.05, 3.63) is 51.5 Å². The molecule has 2 N–H and O–H groups in total. The summed E-state index contributed by atoms with van der Waals surface area (Å²) < 4.78 is 44.7. The van der Waals surface area contributed by atoms with Crippen molar-refractivity contribution in [1.29, 1.82) is 0 Å². The van der Waals surface area contributed by atoms with Gasteiger partial charge < -0.3 is 29.6 Å². The first kappa shape index (κ1) is 20.2. The molecule has 1 aromatic heterocycles. The van der Waals surface area contributed by atoms with Crippen molar-refractivity contribution < 1.29 is 37.8 Å². The molecule has 0 spiro atoms. The van der Waals surface area contributed by atoms with E-state index in [1.165, 1.54) is 11.5 Å². The first-order chi connectivity index (χ1) is 12.5. The Morgan fingerprint density at radius 1 is 1.44 bits per heavy atom. The van der Waals surface area contributed by atoms with Gasteiger partial charge in [-0.3, -0.25) is 0 Å². The summed E-state index contributed by atoms with van der Waals surface area (Å²) in [5, 5.41) is 29.7. The maximum absolute atomic E-state index is 12.8. The van der Waals surface area contributed by atoms with Crippen molar-refractivity contribution >= 4 is 11.8 Å². The first-order valence-corrected chi connectivity index (χ1v) is 7.42. The number of nitrogens with zero attached hydrogens (tertiary/aromatic N) is 3. The zero-order chi connectivity index (χ0) is 20.4. The van der Waals surface area contributed by atoms with Crippen molar-refractivity contribution in [3.8, 4) is 5.75 Å². The molecule has 2 aromatic rings. The van der Waals surface area contributed by atoms with Gasteiger partial charge in [-0.05, 0) is 28.1 Å². The highest BCUT2D eigenvalue weighted by Crippen LogP contribution is 2.33. The van der Waals surface area contributed by atoms with Gasteiger partial charge in [0.25, 0.3) is 0 Å². The summed E-state index contributed by atoms with van der Waals surface area (Å²) in [6.45, 7) is 0.747. The van der Waals surface area contributed by atoms with Crippen LogP contribution in [0.5, 0.6) is 5.75 Å². The molecule has 0 amide bonds. The summed E-state index contributed by atoms with van der Waals surface area (Å²) in [5.74, 6) is -2.23. The highest BCUT2D eigenvalue weighted by atomic mass is 19.4. The van der Waals surface area contributed by atoms with Crippen LogP contribution in [0.15, 0.2) is 24.4 Å². The van der Waals surface area contributed by atoms with Gasteiger partial charge in [0.05, 0.1) is 12.1 Å². The van der Waals surface area contributed by atoms with Gasteiger partial charge in [-0.15, -0.1) is 0 Å². The molecule has 2 rings (SSSR count). The number of carbonyl (C=O) groups is 1. The number of rotatable bonds is 7. The molecular formula is C15H14F3N3O6. The summed E-state index contributed by atoms with van der Waals surface area (Å²) in [4.78, 5) is 24.8. The van der Waals surface area contributed by atoms with Crippen LogP contribution in [-0.4, -0.2) is 43.4 Å². The number of imidazole rings is 1. The average molecular weight is 389 g/mol. The van der Waals surface area contributed by atoms with Crippen LogP contribution in [0.2, 0.25) is 0 Å². The van der Waals surface area contributed by atoms with E-state index in [2.05, 4.69) is 4.98 Å². The minimum absolute atomic E-state index is 0.186. The number of benzene rings is 1. The van der Waals surface area contributed by atoms with Crippen molar-refractivity contribution in [1.82, 2.24) is 9.55 Å². The van der Waals surface area contributed by atoms with E-state index >= 15 is 0 Å². The summed E-state index contributed by atoms with van der Waals surface area (Å²) in [5.41, 5.74) is -1.59. The van der Waals surface area contributed by atoms with Crippen molar-refractivity contribution in [2.24, 2.45) is 0 Å². The summed E-state index contributed by atoms with van der Waals surface area (Å²) in [6.07, 6.45) is -4.89. The van der Waals surface area contributed by atoms with E-state index < -0.39 is 52.5 Å². The molecule has 1 atom stereocenters. The SMILES string of the molecule is Cc1nc([N+](=O)[O-])cn1CC(O)COc1cc(C(F)(F)F)ccc1C(=O)O. The topological polar surface area (TPSA) is 128 Å². The molecular weight excluding hydrogens is 375 g/mol. The number of aliphatic hydroxyl groups excluding tert-OH is 1. The lowest BCUT2D eigenvalue weighted by Gasteiger charge is -2.16. The predicted octanol–water partition coefficient (Wildman–Crippen LogP) is 2.26. The van der Waals surface area contributed by atoms with Gasteiger partial charge >= 0.3 is 18.0 Å². The largest absolute Gasteiger partial charge is 0.490 e. The molecule has 1 unspecified atom stereocenters. The molecule has 0 radical (unpaired) electrons. The number of aromatic carboxylic acids is 1. The van der Waals surface area contributed by atoms with Crippen molar-refractivity contribution in [2.75, 3.05) is 6.61 Å². The highest BCUT2D eigenvalue weighted by molar-refractivity contribution is 5.91. The van der Waals surface area contributed by atoms with Crippen molar-refractivity contribution in [3.63, 3.8) is 0 Å². The van der Waals surface area contributed by atoms with Crippen LogP contribution < -0.4 is 4.74 Å². The number of carboxylic acids is 1. The number of ether oxygens (including phenoxy) is 1. The molecule has 27 heavy (non-hydrogen) atoms. The number of alkyl halides is 3. The number of hydrogen-bond acceptors (Lipinski definition) is 6. The lowest BCUT2D eigenvalue weighted by Crippen LogP contribution is -2.24. The van der Waals surface area contributed by atoms with E-state index in [0.29, 0.717) is 12.1 Å². The van der Waals surface area contributed by atoms with Gasteiger partial charge in [0.15, 0.2) is 0 Å². The maximum atomic E-state index is 12.8. The minimum Gasteiger partial charge on any atom is -0.490 e. The van der Waals surface area contributed by atoms with Gasteiger partial charge in [0, 0.05) is 6.92 Å². The van der Waals surface area contributed by atoms with E-state index in [1.54, 1.807) is 0 Å². The number of carboxylic acid groups (broad SMARTS) is 1. The second-order valence-electron chi connectivity index (χ2n) is 5.53. The second-order valence-corrected chi connectivity index (χ2v) is 5.53. The molecule has 0 aliphatic carbocycles. The van der Waals surface area contributed by atoms with Crippen LogP contribution in [0.1, 0.15) is 21.7 Å². The third-order valence-electron chi connectivity index (χ3n) is 3.53. The molecule has 0 saturated carbocycles. The Hall–Kier alpha value is -3.15. The van der Waals surface area contributed by atoms with E-state index in [4.69, 9.17) is 9.84 Å². The van der Waals surface area contributed by atoms with Gasteiger partial charge in [0.2, 0.25) is 5.82 Å². The summed E-state index contributed by atoms with van der Waals surface area (Å²) in [6, 6.07) is 1.90. The fourth-order valence-electron chi connectivity index (χ4n) is 2.22. The first-order valence-electron chi connectivity index (χ1n) is 7.42. The molecule has 0 saturated heterocycles. The summed E-state index contributed by atoms with van der Waals surface area (Å²) in [7, 11) is 0. The van der Waals surface area contributed by atoms with Crippen molar-refractivity contribution in [2.45, 2.75) is 25.7 Å². The average Bonchev–Trinajstić information content (AvgIpc) is 2.92. The third-order valence-corrected chi connectivity index (χ3v) is 3.53. The Bertz CT molecular complexity index is 865. The quantitative estimate of drug-likeness (QED) is 0.549. The highest BCUT2D eigenvalue weighted by Gasteiger charge is 2.32. The van der Waals surface area contributed by atoms with Gasteiger partial charge in [-0.1, -0.05) is 0 Å². The fraction of sp³-hybridized carbons (Fsp3) is 0.333. The van der Waals surface area contributed by atoms with Crippen LogP contribution in [-0.2, 0) is 12.7 Å². The smallest absolute Gasteiger partial charge is 0.416 e. The zero-order valence-corrected chi connectivity index (χ0v) is 13.8. The lowest BCUT2D eigenvalue weighted by molar-refractivity contribution is -0.389. The fourth-order valence-corrected chi connectivity index (χ4v) is 2.22. The predicted molar refractivity (Wildman–Crippen MR) is 83.5 cm³/mol. The van der Waals surface area contributed by atoms with E-state index in [1.807, 2.05) is 0 Å².